The van der Waals surface area contributed by atoms with Crippen LogP contribution in [-0.2, 0) is 6.18 Å². The molecule has 0 saturated carbocycles. The van der Waals surface area contributed by atoms with E-state index in [0.29, 0.717) is 17.1 Å². The molecular formula is C22H24F3NO2. The van der Waals surface area contributed by atoms with Crippen molar-refractivity contribution in [2.24, 2.45) is 5.92 Å². The number of nitrogens with zero attached hydrogens (tertiary/aromatic N) is 1. The third kappa shape index (κ3) is 2.94. The highest BCUT2D eigenvalue weighted by Gasteiger charge is 2.47. The fourth-order valence-electron chi connectivity index (χ4n) is 5.10. The molecule has 6 heteroatoms. The average Bonchev–Trinajstić information content (AvgIpc) is 3.02. The summed E-state index contributed by atoms with van der Waals surface area (Å²) < 4.78 is 51.3. The van der Waals surface area contributed by atoms with E-state index in [2.05, 4.69) is 11.9 Å². The Morgan fingerprint density at radius 3 is 2.54 bits per heavy atom. The summed E-state index contributed by atoms with van der Waals surface area (Å²) in [6, 6.07) is 9.85. The van der Waals surface area contributed by atoms with Gasteiger partial charge >= 0.3 is 6.18 Å². The van der Waals surface area contributed by atoms with Gasteiger partial charge in [-0.2, -0.15) is 13.2 Å². The van der Waals surface area contributed by atoms with Gasteiger partial charge in [0.25, 0.3) is 0 Å². The van der Waals surface area contributed by atoms with Crippen molar-refractivity contribution in [3.8, 4) is 11.5 Å². The Balaban J connectivity index is 1.93. The maximum Gasteiger partial charge on any atom is 0.416 e. The first kappa shape index (κ1) is 19.1. The molecule has 0 spiro atoms. The Morgan fingerprint density at radius 1 is 1.07 bits per heavy atom. The number of benzene rings is 2. The van der Waals surface area contributed by atoms with Crippen LogP contribution < -0.4 is 9.47 Å². The second kappa shape index (κ2) is 6.99. The standard InChI is InChI=1S/C22H24F3NO2/c1-26-11-5-8-15-18(13-6-4-7-14(12-13)22(23,24)25)19-16(20(15)26)9-10-17(27-2)21(19)28-3/h4,6-7,9-10,12,15,18,20H,5,8,11H2,1-3H3. The lowest BCUT2D eigenvalue weighted by atomic mass is 9.79. The second-order valence-electron chi connectivity index (χ2n) is 7.64. The van der Waals surface area contributed by atoms with Gasteiger partial charge in [0.05, 0.1) is 19.8 Å². The summed E-state index contributed by atoms with van der Waals surface area (Å²) in [5, 5.41) is 0. The SMILES string of the molecule is COc1ccc2c(c1OC)C(c1cccc(C(F)(F)F)c1)C1CCCN(C)C21. The van der Waals surface area contributed by atoms with Gasteiger partial charge in [-0.25, -0.2) is 0 Å². The Bertz CT molecular complexity index is 881. The maximum atomic E-state index is 13.4. The Kier molecular flexibility index (Phi) is 4.78. The predicted octanol–water partition coefficient (Wildman–Crippen LogP) is 5.25. The highest BCUT2D eigenvalue weighted by atomic mass is 19.4. The minimum absolute atomic E-state index is 0.157. The zero-order chi connectivity index (χ0) is 20.1. The number of methoxy groups -OCH3 is 2. The van der Waals surface area contributed by atoms with Crippen molar-refractivity contribution in [1.29, 1.82) is 0 Å². The van der Waals surface area contributed by atoms with E-state index < -0.39 is 11.7 Å². The van der Waals surface area contributed by atoms with Crippen molar-refractivity contribution in [2.75, 3.05) is 27.8 Å². The molecule has 4 rings (SSSR count). The molecule has 2 aromatic rings. The van der Waals surface area contributed by atoms with E-state index in [1.165, 1.54) is 12.1 Å². The molecule has 0 aromatic heterocycles. The highest BCUT2D eigenvalue weighted by molar-refractivity contribution is 5.59. The van der Waals surface area contributed by atoms with Gasteiger partial charge < -0.3 is 9.47 Å². The summed E-state index contributed by atoms with van der Waals surface area (Å²) in [6.07, 6.45) is -2.37. The van der Waals surface area contributed by atoms with Gasteiger partial charge in [0.15, 0.2) is 11.5 Å². The monoisotopic (exact) mass is 391 g/mol. The van der Waals surface area contributed by atoms with Crippen LogP contribution in [0.25, 0.3) is 0 Å². The van der Waals surface area contributed by atoms with Crippen LogP contribution in [0, 0.1) is 5.92 Å². The molecule has 0 bridgehead atoms. The Labute approximate surface area is 163 Å². The minimum Gasteiger partial charge on any atom is -0.493 e. The van der Waals surface area contributed by atoms with Crippen molar-refractivity contribution in [2.45, 2.75) is 31.0 Å². The molecule has 1 aliphatic heterocycles. The topological polar surface area (TPSA) is 21.7 Å². The molecule has 3 atom stereocenters. The van der Waals surface area contributed by atoms with Crippen molar-refractivity contribution >= 4 is 0 Å². The molecule has 28 heavy (non-hydrogen) atoms. The first-order valence-electron chi connectivity index (χ1n) is 9.49. The van der Waals surface area contributed by atoms with E-state index in [-0.39, 0.29) is 17.9 Å². The van der Waals surface area contributed by atoms with Gasteiger partial charge in [-0.15, -0.1) is 0 Å². The van der Waals surface area contributed by atoms with Crippen molar-refractivity contribution in [3.05, 3.63) is 58.7 Å². The molecule has 0 N–H and O–H groups in total. The number of likely N-dealkylation sites (tertiary alicyclic amines) is 1. The molecule has 3 nitrogen and oxygen atoms in total. The van der Waals surface area contributed by atoms with E-state index in [9.17, 15) is 13.2 Å². The van der Waals surface area contributed by atoms with Gasteiger partial charge in [0, 0.05) is 17.5 Å². The largest absolute Gasteiger partial charge is 0.493 e. The normalized spacial score (nSPS) is 24.6. The predicted molar refractivity (Wildman–Crippen MR) is 101 cm³/mol. The van der Waals surface area contributed by atoms with E-state index in [1.807, 2.05) is 12.1 Å². The number of halogens is 3. The first-order chi connectivity index (χ1) is 13.4. The van der Waals surface area contributed by atoms with Crippen LogP contribution in [0.4, 0.5) is 13.2 Å². The Hall–Kier alpha value is -2.21. The molecule has 0 amide bonds. The molecule has 2 aliphatic rings. The van der Waals surface area contributed by atoms with E-state index in [1.54, 1.807) is 20.3 Å². The molecule has 1 saturated heterocycles. The molecular weight excluding hydrogens is 367 g/mol. The number of piperidine rings is 1. The zero-order valence-corrected chi connectivity index (χ0v) is 16.2. The summed E-state index contributed by atoms with van der Waals surface area (Å²) in [5.41, 5.74) is 2.17. The van der Waals surface area contributed by atoms with Gasteiger partial charge in [-0.05, 0) is 55.6 Å². The number of alkyl halides is 3. The molecule has 3 unspecified atom stereocenters. The molecule has 0 radical (unpaired) electrons. The first-order valence-corrected chi connectivity index (χ1v) is 9.49. The van der Waals surface area contributed by atoms with E-state index >= 15 is 0 Å². The number of hydrogen-bond acceptors (Lipinski definition) is 3. The lowest BCUT2D eigenvalue weighted by Gasteiger charge is -2.37. The van der Waals surface area contributed by atoms with Gasteiger partial charge in [0.1, 0.15) is 0 Å². The summed E-state index contributed by atoms with van der Waals surface area (Å²) in [5.74, 6) is 1.29. The summed E-state index contributed by atoms with van der Waals surface area (Å²) in [4.78, 5) is 2.31. The summed E-state index contributed by atoms with van der Waals surface area (Å²) >= 11 is 0. The quantitative estimate of drug-likeness (QED) is 0.713. The number of fused-ring (bicyclic) bond motifs is 3. The van der Waals surface area contributed by atoms with Crippen molar-refractivity contribution < 1.29 is 22.6 Å². The zero-order valence-electron chi connectivity index (χ0n) is 16.2. The summed E-state index contributed by atoms with van der Waals surface area (Å²) in [7, 11) is 5.26. The second-order valence-corrected chi connectivity index (χ2v) is 7.64. The lowest BCUT2D eigenvalue weighted by Crippen LogP contribution is -2.34. The van der Waals surface area contributed by atoms with Crippen LogP contribution >= 0.6 is 0 Å². The van der Waals surface area contributed by atoms with Crippen LogP contribution in [0.15, 0.2) is 36.4 Å². The molecule has 1 aliphatic carbocycles. The van der Waals surface area contributed by atoms with Crippen LogP contribution in [0.5, 0.6) is 11.5 Å². The molecule has 1 heterocycles. The number of ether oxygens (including phenoxy) is 2. The minimum atomic E-state index is -4.36. The molecule has 1 fully saturated rings. The Morgan fingerprint density at radius 2 is 1.86 bits per heavy atom. The van der Waals surface area contributed by atoms with E-state index in [4.69, 9.17) is 9.47 Å². The summed E-state index contributed by atoms with van der Waals surface area (Å²) in [6.45, 7) is 0.976. The van der Waals surface area contributed by atoms with Gasteiger partial charge in [0.2, 0.25) is 0 Å². The highest BCUT2D eigenvalue weighted by Crippen LogP contribution is 2.58. The van der Waals surface area contributed by atoms with E-state index in [0.717, 1.165) is 36.6 Å². The van der Waals surface area contributed by atoms with Crippen molar-refractivity contribution in [3.63, 3.8) is 0 Å². The third-order valence-corrected chi connectivity index (χ3v) is 6.18. The van der Waals surface area contributed by atoms with Crippen LogP contribution in [0.2, 0.25) is 0 Å². The smallest absolute Gasteiger partial charge is 0.416 e. The third-order valence-electron chi connectivity index (χ3n) is 6.18. The molecule has 2 aromatic carbocycles. The average molecular weight is 391 g/mol. The fraction of sp³-hybridized carbons (Fsp3) is 0.455. The van der Waals surface area contributed by atoms with Crippen molar-refractivity contribution in [1.82, 2.24) is 4.90 Å². The maximum absolute atomic E-state index is 13.4. The molecule has 150 valence electrons. The van der Waals surface area contributed by atoms with Gasteiger partial charge in [-0.1, -0.05) is 24.3 Å². The number of rotatable bonds is 3. The van der Waals surface area contributed by atoms with Gasteiger partial charge in [-0.3, -0.25) is 4.90 Å². The van der Waals surface area contributed by atoms with Crippen LogP contribution in [0.1, 0.15) is 47.1 Å². The van der Waals surface area contributed by atoms with Crippen LogP contribution in [-0.4, -0.2) is 32.7 Å². The van der Waals surface area contributed by atoms with Crippen LogP contribution in [0.3, 0.4) is 0 Å². The fourth-order valence-corrected chi connectivity index (χ4v) is 5.10. The lowest BCUT2D eigenvalue weighted by molar-refractivity contribution is -0.137. The number of hydrogen-bond donors (Lipinski definition) is 0.